The quantitative estimate of drug-likeness (QED) is 0.689. The molecule has 0 saturated carbocycles. The molecule has 0 atom stereocenters. The number of nitrogens with zero attached hydrogens (tertiary/aromatic N) is 1. The highest BCUT2D eigenvalue weighted by Gasteiger charge is 2.12. The highest BCUT2D eigenvalue weighted by Crippen LogP contribution is 2.33. The van der Waals surface area contributed by atoms with Gasteiger partial charge in [0.1, 0.15) is 17.2 Å². The molecule has 0 spiro atoms. The molecule has 0 amide bonds. The van der Waals surface area contributed by atoms with Crippen molar-refractivity contribution in [2.45, 2.75) is 6.92 Å². The van der Waals surface area contributed by atoms with E-state index in [1.807, 2.05) is 31.2 Å². The largest absolute Gasteiger partial charge is 0.461 e. The molecule has 0 aliphatic carbocycles. The van der Waals surface area contributed by atoms with Gasteiger partial charge in [0.05, 0.1) is 0 Å². The van der Waals surface area contributed by atoms with E-state index in [9.17, 15) is 0 Å². The number of nitrogen functional groups attached to an aromatic ring is 1. The zero-order valence-corrected chi connectivity index (χ0v) is 9.47. The molecule has 0 unspecified atom stereocenters. The summed E-state index contributed by atoms with van der Waals surface area (Å²) in [6, 6.07) is 11.8. The molecule has 0 aliphatic rings. The Labute approximate surface area is 98.9 Å². The maximum Gasteiger partial charge on any atom is 0.134 e. The van der Waals surface area contributed by atoms with Crippen molar-refractivity contribution in [3.8, 4) is 11.1 Å². The maximum atomic E-state index is 5.72. The van der Waals surface area contributed by atoms with E-state index in [4.69, 9.17) is 10.2 Å². The van der Waals surface area contributed by atoms with E-state index in [1.54, 1.807) is 12.3 Å². The Hall–Kier alpha value is -2.29. The monoisotopic (exact) mass is 224 g/mol. The van der Waals surface area contributed by atoms with Crippen molar-refractivity contribution in [2.75, 3.05) is 5.73 Å². The van der Waals surface area contributed by atoms with Crippen LogP contribution in [-0.4, -0.2) is 4.98 Å². The molecule has 2 heterocycles. The summed E-state index contributed by atoms with van der Waals surface area (Å²) < 4.78 is 5.72. The van der Waals surface area contributed by atoms with Gasteiger partial charge in [0.2, 0.25) is 0 Å². The maximum absolute atomic E-state index is 5.72. The van der Waals surface area contributed by atoms with E-state index in [1.165, 1.54) is 0 Å². The molecular weight excluding hydrogens is 212 g/mol. The SMILES string of the molecule is Cc1oc2ccccc2c1-c1ccc(N)nc1. The fraction of sp³-hybridized carbons (Fsp3) is 0.0714. The fourth-order valence-corrected chi connectivity index (χ4v) is 2.08. The van der Waals surface area contributed by atoms with E-state index in [0.717, 1.165) is 27.9 Å². The number of benzene rings is 1. The van der Waals surface area contributed by atoms with Crippen LogP contribution < -0.4 is 5.73 Å². The third-order valence-corrected chi connectivity index (χ3v) is 2.85. The van der Waals surface area contributed by atoms with Crippen LogP contribution in [0, 0.1) is 6.92 Å². The van der Waals surface area contributed by atoms with Gasteiger partial charge in [-0.15, -0.1) is 0 Å². The number of hydrogen-bond donors (Lipinski definition) is 1. The van der Waals surface area contributed by atoms with Crippen LogP contribution in [0.1, 0.15) is 5.76 Å². The van der Waals surface area contributed by atoms with Crippen molar-refractivity contribution in [1.82, 2.24) is 4.98 Å². The predicted molar refractivity (Wildman–Crippen MR) is 68.6 cm³/mol. The Kier molecular flexibility index (Phi) is 2.11. The van der Waals surface area contributed by atoms with Gasteiger partial charge in [0, 0.05) is 22.7 Å². The summed E-state index contributed by atoms with van der Waals surface area (Å²) in [5, 5.41) is 1.11. The van der Waals surface area contributed by atoms with Crippen LogP contribution in [0.5, 0.6) is 0 Å². The minimum atomic E-state index is 0.527. The van der Waals surface area contributed by atoms with E-state index < -0.39 is 0 Å². The minimum Gasteiger partial charge on any atom is -0.461 e. The van der Waals surface area contributed by atoms with Gasteiger partial charge >= 0.3 is 0 Å². The Morgan fingerprint density at radius 2 is 1.94 bits per heavy atom. The number of fused-ring (bicyclic) bond motifs is 1. The van der Waals surface area contributed by atoms with Gasteiger partial charge in [0.15, 0.2) is 0 Å². The van der Waals surface area contributed by atoms with Gasteiger partial charge in [0.25, 0.3) is 0 Å². The fourth-order valence-electron chi connectivity index (χ4n) is 2.08. The lowest BCUT2D eigenvalue weighted by atomic mass is 10.0. The number of pyridine rings is 1. The first kappa shape index (κ1) is 9.90. The first-order valence-corrected chi connectivity index (χ1v) is 5.46. The van der Waals surface area contributed by atoms with Gasteiger partial charge in [-0.2, -0.15) is 0 Å². The number of hydrogen-bond acceptors (Lipinski definition) is 3. The van der Waals surface area contributed by atoms with E-state index in [2.05, 4.69) is 11.1 Å². The highest BCUT2D eigenvalue weighted by molar-refractivity contribution is 5.95. The second-order valence-corrected chi connectivity index (χ2v) is 4.00. The van der Waals surface area contributed by atoms with Crippen LogP contribution >= 0.6 is 0 Å². The van der Waals surface area contributed by atoms with Gasteiger partial charge in [-0.1, -0.05) is 18.2 Å². The molecule has 3 rings (SSSR count). The predicted octanol–water partition coefficient (Wildman–Crippen LogP) is 3.39. The number of para-hydroxylation sites is 1. The molecule has 0 fully saturated rings. The molecule has 3 heteroatoms. The summed E-state index contributed by atoms with van der Waals surface area (Å²) in [5.41, 5.74) is 8.62. The minimum absolute atomic E-state index is 0.527. The third-order valence-electron chi connectivity index (χ3n) is 2.85. The second kappa shape index (κ2) is 3.63. The molecule has 0 radical (unpaired) electrons. The highest BCUT2D eigenvalue weighted by atomic mass is 16.3. The van der Waals surface area contributed by atoms with Crippen molar-refractivity contribution in [3.63, 3.8) is 0 Å². The molecule has 2 N–H and O–H groups in total. The lowest BCUT2D eigenvalue weighted by Crippen LogP contribution is -1.89. The molecule has 0 saturated heterocycles. The first-order chi connectivity index (χ1) is 8.25. The van der Waals surface area contributed by atoms with Crippen LogP contribution in [0.4, 0.5) is 5.82 Å². The number of furan rings is 1. The van der Waals surface area contributed by atoms with Crippen LogP contribution in [-0.2, 0) is 0 Å². The molecule has 17 heavy (non-hydrogen) atoms. The Bertz CT molecular complexity index is 668. The molecule has 1 aromatic carbocycles. The number of anilines is 1. The zero-order chi connectivity index (χ0) is 11.8. The summed E-state index contributed by atoms with van der Waals surface area (Å²) >= 11 is 0. The van der Waals surface area contributed by atoms with Crippen LogP contribution in [0.15, 0.2) is 47.0 Å². The molecular formula is C14H12N2O. The van der Waals surface area contributed by atoms with Gasteiger partial charge < -0.3 is 10.2 Å². The van der Waals surface area contributed by atoms with Crippen molar-refractivity contribution in [2.24, 2.45) is 0 Å². The Balaban J connectivity index is 2.29. The molecule has 3 nitrogen and oxygen atoms in total. The first-order valence-electron chi connectivity index (χ1n) is 5.46. The van der Waals surface area contributed by atoms with Crippen LogP contribution in [0.25, 0.3) is 22.1 Å². The average molecular weight is 224 g/mol. The third kappa shape index (κ3) is 1.56. The average Bonchev–Trinajstić information content (AvgIpc) is 2.66. The lowest BCUT2D eigenvalue weighted by molar-refractivity contribution is 0.580. The summed E-state index contributed by atoms with van der Waals surface area (Å²) in [6.45, 7) is 1.96. The van der Waals surface area contributed by atoms with Crippen molar-refractivity contribution in [3.05, 3.63) is 48.4 Å². The van der Waals surface area contributed by atoms with Crippen molar-refractivity contribution >= 4 is 16.8 Å². The van der Waals surface area contributed by atoms with E-state index in [-0.39, 0.29) is 0 Å². The topological polar surface area (TPSA) is 52.0 Å². The normalized spacial score (nSPS) is 10.9. The summed E-state index contributed by atoms with van der Waals surface area (Å²) in [4.78, 5) is 4.12. The Morgan fingerprint density at radius 3 is 2.71 bits per heavy atom. The summed E-state index contributed by atoms with van der Waals surface area (Å²) in [7, 11) is 0. The molecule has 2 aromatic heterocycles. The number of rotatable bonds is 1. The lowest BCUT2D eigenvalue weighted by Gasteiger charge is -2.00. The van der Waals surface area contributed by atoms with E-state index >= 15 is 0 Å². The van der Waals surface area contributed by atoms with Gasteiger partial charge in [-0.05, 0) is 25.1 Å². The Morgan fingerprint density at radius 1 is 1.12 bits per heavy atom. The molecule has 0 bridgehead atoms. The van der Waals surface area contributed by atoms with E-state index in [0.29, 0.717) is 5.82 Å². The van der Waals surface area contributed by atoms with Gasteiger partial charge in [-0.3, -0.25) is 0 Å². The van der Waals surface area contributed by atoms with Crippen LogP contribution in [0.2, 0.25) is 0 Å². The molecule has 84 valence electrons. The van der Waals surface area contributed by atoms with Crippen molar-refractivity contribution < 1.29 is 4.42 Å². The smallest absolute Gasteiger partial charge is 0.134 e. The second-order valence-electron chi connectivity index (χ2n) is 4.00. The zero-order valence-electron chi connectivity index (χ0n) is 9.47. The standard InChI is InChI=1S/C14H12N2O/c1-9-14(10-6-7-13(15)16-8-10)11-4-2-3-5-12(11)17-9/h2-8H,1H3,(H2,15,16). The number of aryl methyl sites for hydroxylation is 1. The summed E-state index contributed by atoms with van der Waals surface area (Å²) in [5.74, 6) is 1.43. The number of nitrogens with two attached hydrogens (primary N) is 1. The van der Waals surface area contributed by atoms with Gasteiger partial charge in [-0.25, -0.2) is 4.98 Å². The van der Waals surface area contributed by atoms with Crippen LogP contribution in [0.3, 0.4) is 0 Å². The number of aromatic nitrogens is 1. The summed E-state index contributed by atoms with van der Waals surface area (Å²) in [6.07, 6.45) is 1.78. The van der Waals surface area contributed by atoms with Crippen molar-refractivity contribution in [1.29, 1.82) is 0 Å². The molecule has 3 aromatic rings. The molecule has 0 aliphatic heterocycles.